The first-order valence-corrected chi connectivity index (χ1v) is 15.2. The number of phenols is 1. The van der Waals surface area contributed by atoms with Crippen LogP contribution in [0.15, 0.2) is 96.1 Å². The Labute approximate surface area is 255 Å². The van der Waals surface area contributed by atoms with Crippen LogP contribution < -0.4 is 11.1 Å². The summed E-state index contributed by atoms with van der Waals surface area (Å²) in [6.45, 7) is 8.20. The second-order valence-electron chi connectivity index (χ2n) is 12.3. The molecule has 1 saturated heterocycles. The van der Waals surface area contributed by atoms with Gasteiger partial charge in [-0.2, -0.15) is 0 Å². The molecule has 0 radical (unpaired) electrons. The second-order valence-corrected chi connectivity index (χ2v) is 12.3. The van der Waals surface area contributed by atoms with Gasteiger partial charge in [-0.15, -0.1) is 0 Å². The van der Waals surface area contributed by atoms with E-state index in [4.69, 9.17) is 5.73 Å². The number of allylic oxidation sites excluding steroid dienone is 2. The minimum Gasteiger partial charge on any atom is -0.508 e. The maximum absolute atomic E-state index is 13.6. The fourth-order valence-electron chi connectivity index (χ4n) is 7.07. The number of hydrogen-bond donors (Lipinski definition) is 3. The van der Waals surface area contributed by atoms with E-state index in [1.807, 2.05) is 30.9 Å². The highest BCUT2D eigenvalue weighted by atomic mass is 16.3. The molecule has 1 fully saturated rings. The van der Waals surface area contributed by atoms with Crippen molar-refractivity contribution in [2.75, 3.05) is 6.54 Å². The molecule has 0 spiro atoms. The molecule has 3 aromatic rings. The predicted octanol–water partition coefficient (Wildman–Crippen LogP) is 5.34. The summed E-state index contributed by atoms with van der Waals surface area (Å²) < 4.78 is 0. The van der Waals surface area contributed by atoms with Gasteiger partial charge in [-0.3, -0.25) is 9.59 Å². The van der Waals surface area contributed by atoms with Gasteiger partial charge in [0.25, 0.3) is 0 Å². The molecule has 6 nitrogen and oxygen atoms in total. The first-order valence-electron chi connectivity index (χ1n) is 15.2. The van der Waals surface area contributed by atoms with E-state index in [0.717, 1.165) is 35.1 Å². The number of nitrogens with one attached hydrogen (secondary N) is 1. The number of nitrogens with two attached hydrogens (primary N) is 1. The molecule has 43 heavy (non-hydrogen) atoms. The van der Waals surface area contributed by atoms with E-state index in [9.17, 15) is 14.7 Å². The van der Waals surface area contributed by atoms with Crippen LogP contribution in [0.3, 0.4) is 0 Å². The van der Waals surface area contributed by atoms with Crippen molar-refractivity contribution >= 4 is 11.8 Å². The third kappa shape index (κ3) is 6.45. The second kappa shape index (κ2) is 12.6. The van der Waals surface area contributed by atoms with E-state index in [0.29, 0.717) is 19.4 Å². The monoisotopic (exact) mass is 577 g/mol. The lowest BCUT2D eigenvalue weighted by Crippen LogP contribution is -2.64. The SMILES string of the molecule is CC(=O)N1CCC(NC(=O)C(N)Cc2c(C)cc(O)cc2C)C2=CC(Cc3ccccc3)=CC(Cc3ccccc3)C21C. The summed E-state index contributed by atoms with van der Waals surface area (Å²) in [6, 6.07) is 23.2. The van der Waals surface area contributed by atoms with Crippen LogP contribution in [0, 0.1) is 19.8 Å². The fraction of sp³-hybridized carbons (Fsp3) is 0.351. The van der Waals surface area contributed by atoms with Gasteiger partial charge in [-0.25, -0.2) is 0 Å². The first kappa shape index (κ1) is 30.3. The van der Waals surface area contributed by atoms with Gasteiger partial charge in [0.1, 0.15) is 5.75 Å². The van der Waals surface area contributed by atoms with Crippen molar-refractivity contribution < 1.29 is 14.7 Å². The molecule has 224 valence electrons. The van der Waals surface area contributed by atoms with Crippen molar-refractivity contribution in [3.63, 3.8) is 0 Å². The van der Waals surface area contributed by atoms with Gasteiger partial charge in [0.2, 0.25) is 11.8 Å². The molecule has 6 heteroatoms. The quantitative estimate of drug-likeness (QED) is 0.337. The smallest absolute Gasteiger partial charge is 0.237 e. The Morgan fingerprint density at radius 2 is 1.63 bits per heavy atom. The highest BCUT2D eigenvalue weighted by Gasteiger charge is 2.50. The Morgan fingerprint density at radius 3 is 2.23 bits per heavy atom. The molecule has 4 unspecified atom stereocenters. The molecule has 1 aliphatic carbocycles. The maximum Gasteiger partial charge on any atom is 0.237 e. The molecular formula is C37H43N3O3. The fourth-order valence-corrected chi connectivity index (χ4v) is 7.07. The van der Waals surface area contributed by atoms with Crippen molar-refractivity contribution in [1.82, 2.24) is 10.2 Å². The third-order valence-corrected chi connectivity index (χ3v) is 9.33. The van der Waals surface area contributed by atoms with E-state index in [1.54, 1.807) is 19.1 Å². The maximum atomic E-state index is 13.6. The zero-order chi connectivity index (χ0) is 30.7. The number of hydrogen-bond acceptors (Lipinski definition) is 4. The molecule has 0 bridgehead atoms. The van der Waals surface area contributed by atoms with Crippen molar-refractivity contribution in [2.24, 2.45) is 11.7 Å². The lowest BCUT2D eigenvalue weighted by molar-refractivity contribution is -0.136. The Morgan fingerprint density at radius 1 is 1.02 bits per heavy atom. The average molecular weight is 578 g/mol. The number of fused-ring (bicyclic) bond motifs is 1. The van der Waals surface area contributed by atoms with Crippen LogP contribution in [-0.4, -0.2) is 46.0 Å². The molecule has 5 rings (SSSR count). The number of likely N-dealkylation sites (tertiary alicyclic amines) is 1. The highest BCUT2D eigenvalue weighted by Crippen LogP contribution is 2.45. The Bertz CT molecular complexity index is 1520. The normalized spacial score (nSPS) is 22.2. The molecule has 1 heterocycles. The van der Waals surface area contributed by atoms with Crippen LogP contribution in [0.25, 0.3) is 0 Å². The van der Waals surface area contributed by atoms with Crippen molar-refractivity contribution in [2.45, 2.75) is 71.0 Å². The summed E-state index contributed by atoms with van der Waals surface area (Å²) in [7, 11) is 0. The number of benzene rings is 3. The Balaban J connectivity index is 1.48. The number of carbonyl (C=O) groups excluding carboxylic acids is 2. The van der Waals surface area contributed by atoms with Crippen molar-refractivity contribution in [3.8, 4) is 5.75 Å². The lowest BCUT2D eigenvalue weighted by Gasteiger charge is -2.54. The molecule has 4 atom stereocenters. The van der Waals surface area contributed by atoms with Crippen molar-refractivity contribution in [1.29, 1.82) is 0 Å². The topological polar surface area (TPSA) is 95.7 Å². The molecule has 0 saturated carbocycles. The van der Waals surface area contributed by atoms with Crippen LogP contribution in [0.5, 0.6) is 5.75 Å². The van der Waals surface area contributed by atoms with Crippen LogP contribution in [0.1, 0.15) is 48.1 Å². The standard InChI is InChI=1S/C37H43N3O3/c1-24-17-31(42)18-25(2)32(24)23-34(38)36(43)39-35-15-16-40(26(3)41)37(4)30(20-28-13-9-6-10-14-28)21-29(22-33(35)37)19-27-11-7-5-8-12-27/h5-14,17-18,21-22,30,34-35,42H,15-16,19-20,23,38H2,1-4H3,(H,39,43). The zero-order valence-corrected chi connectivity index (χ0v) is 25.6. The molecule has 2 amide bonds. The number of rotatable bonds is 8. The first-order chi connectivity index (χ1) is 20.6. The zero-order valence-electron chi connectivity index (χ0n) is 25.6. The van der Waals surface area contributed by atoms with Gasteiger partial charge in [0.15, 0.2) is 0 Å². The van der Waals surface area contributed by atoms with E-state index in [1.165, 1.54) is 16.7 Å². The van der Waals surface area contributed by atoms with Gasteiger partial charge in [-0.1, -0.05) is 72.8 Å². The Kier molecular flexibility index (Phi) is 8.88. The third-order valence-electron chi connectivity index (χ3n) is 9.33. The Hall–Kier alpha value is -4.16. The van der Waals surface area contributed by atoms with Gasteiger partial charge < -0.3 is 21.1 Å². The minimum absolute atomic E-state index is 0.0215. The van der Waals surface area contributed by atoms with Gasteiger partial charge in [-0.05, 0) is 97.6 Å². The summed E-state index contributed by atoms with van der Waals surface area (Å²) in [6.07, 6.45) is 7.09. The summed E-state index contributed by atoms with van der Waals surface area (Å²) in [4.78, 5) is 28.7. The number of carbonyl (C=O) groups is 2. The summed E-state index contributed by atoms with van der Waals surface area (Å²) >= 11 is 0. The number of amides is 2. The number of nitrogens with zero attached hydrogens (tertiary/aromatic N) is 1. The molecule has 0 aromatic heterocycles. The highest BCUT2D eigenvalue weighted by molar-refractivity contribution is 5.83. The molecule has 1 aliphatic heterocycles. The van der Waals surface area contributed by atoms with Crippen molar-refractivity contribution in [3.05, 3.63) is 124 Å². The predicted molar refractivity (Wildman–Crippen MR) is 172 cm³/mol. The van der Waals surface area contributed by atoms with Gasteiger partial charge in [0.05, 0.1) is 17.6 Å². The number of aryl methyl sites for hydroxylation is 2. The van der Waals surface area contributed by atoms with Crippen LogP contribution in [0.2, 0.25) is 0 Å². The number of piperidine rings is 1. The summed E-state index contributed by atoms with van der Waals surface area (Å²) in [5.41, 5.74) is 13.4. The molecule has 2 aliphatic rings. The molecular weight excluding hydrogens is 534 g/mol. The summed E-state index contributed by atoms with van der Waals surface area (Å²) in [5, 5.41) is 13.2. The number of phenolic OH excluding ortho intramolecular Hbond substituents is 1. The average Bonchev–Trinajstić information content (AvgIpc) is 2.96. The summed E-state index contributed by atoms with van der Waals surface area (Å²) in [5.74, 6) is 0.0522. The van der Waals surface area contributed by atoms with E-state index in [2.05, 4.69) is 72.9 Å². The minimum atomic E-state index is -0.748. The van der Waals surface area contributed by atoms with E-state index in [-0.39, 0.29) is 29.5 Å². The van der Waals surface area contributed by atoms with Crippen LogP contribution in [0.4, 0.5) is 0 Å². The largest absolute Gasteiger partial charge is 0.508 e. The van der Waals surface area contributed by atoms with Crippen LogP contribution >= 0.6 is 0 Å². The number of aromatic hydroxyl groups is 1. The van der Waals surface area contributed by atoms with E-state index < -0.39 is 11.6 Å². The van der Waals surface area contributed by atoms with E-state index >= 15 is 0 Å². The molecule has 3 aromatic carbocycles. The molecule has 4 N–H and O–H groups in total. The van der Waals surface area contributed by atoms with Gasteiger partial charge >= 0.3 is 0 Å². The lowest BCUT2D eigenvalue weighted by atomic mass is 9.65. The van der Waals surface area contributed by atoms with Crippen LogP contribution in [-0.2, 0) is 28.9 Å². The van der Waals surface area contributed by atoms with Gasteiger partial charge in [0, 0.05) is 19.4 Å².